The molecule has 0 aliphatic carbocycles. The third-order valence-electron chi connectivity index (χ3n) is 3.97. The Kier molecular flexibility index (Phi) is 5.53. The fourth-order valence-corrected chi connectivity index (χ4v) is 3.16. The van der Waals surface area contributed by atoms with Crippen molar-refractivity contribution in [1.29, 1.82) is 0 Å². The van der Waals surface area contributed by atoms with Crippen molar-refractivity contribution in [2.45, 2.75) is 25.7 Å². The number of hydrogen-bond donors (Lipinski definition) is 1. The fraction of sp³-hybridized carbons (Fsp3) is 0.353. The van der Waals surface area contributed by atoms with Crippen molar-refractivity contribution in [3.05, 3.63) is 46.3 Å². The molecule has 0 atom stereocenters. The van der Waals surface area contributed by atoms with E-state index in [-0.39, 0.29) is 5.91 Å². The predicted molar refractivity (Wildman–Crippen MR) is 96.1 cm³/mol. The van der Waals surface area contributed by atoms with Gasteiger partial charge in [-0.25, -0.2) is 9.97 Å². The topological polar surface area (TPSA) is 58.1 Å². The van der Waals surface area contributed by atoms with Crippen LogP contribution in [-0.4, -0.2) is 33.9 Å². The van der Waals surface area contributed by atoms with Crippen molar-refractivity contribution in [1.82, 2.24) is 14.9 Å². The molecule has 0 radical (unpaired) electrons. The number of halogens is 2. The Hall–Kier alpha value is -1.85. The molecule has 0 unspecified atom stereocenters. The first-order valence-corrected chi connectivity index (χ1v) is 8.72. The minimum atomic E-state index is -0.0513. The normalized spacial score (nSPS) is 15.0. The van der Waals surface area contributed by atoms with Gasteiger partial charge < -0.3 is 10.2 Å². The lowest BCUT2D eigenvalue weighted by Gasteiger charge is -2.19. The van der Waals surface area contributed by atoms with Crippen LogP contribution in [0.25, 0.3) is 0 Å². The second-order valence-electron chi connectivity index (χ2n) is 5.74. The molecule has 1 aromatic heterocycles. The Morgan fingerprint density at radius 1 is 1.04 bits per heavy atom. The number of likely N-dealkylation sites (tertiary alicyclic amines) is 1. The molecule has 2 heterocycles. The highest BCUT2D eigenvalue weighted by Gasteiger charge is 2.19. The van der Waals surface area contributed by atoms with E-state index in [4.69, 9.17) is 23.2 Å². The number of nitrogens with zero attached hydrogens (tertiary/aromatic N) is 3. The van der Waals surface area contributed by atoms with Crippen molar-refractivity contribution in [2.75, 3.05) is 18.4 Å². The molecule has 2 aromatic rings. The summed E-state index contributed by atoms with van der Waals surface area (Å²) < 4.78 is 0. The van der Waals surface area contributed by atoms with E-state index in [1.807, 2.05) is 4.90 Å². The van der Waals surface area contributed by atoms with Crippen LogP contribution in [0.15, 0.2) is 30.6 Å². The lowest BCUT2D eigenvalue weighted by atomic mass is 10.2. The number of carbonyl (C=O) groups excluding carboxylic acids is 1. The molecule has 0 saturated carbocycles. The molecule has 1 N–H and O–H groups in total. The van der Waals surface area contributed by atoms with E-state index < -0.39 is 0 Å². The van der Waals surface area contributed by atoms with E-state index in [0.717, 1.165) is 25.9 Å². The summed E-state index contributed by atoms with van der Waals surface area (Å²) in [5.41, 5.74) is 1.06. The molecule has 0 spiro atoms. The summed E-state index contributed by atoms with van der Waals surface area (Å²) in [4.78, 5) is 22.8. The lowest BCUT2D eigenvalue weighted by molar-refractivity contribution is 0.0755. The van der Waals surface area contributed by atoms with E-state index >= 15 is 0 Å². The molecule has 5 nitrogen and oxygen atoms in total. The van der Waals surface area contributed by atoms with Gasteiger partial charge in [-0.3, -0.25) is 4.79 Å². The fourth-order valence-electron chi connectivity index (χ4n) is 2.71. The molecule has 1 aromatic carbocycles. The molecule has 1 fully saturated rings. The van der Waals surface area contributed by atoms with E-state index in [0.29, 0.717) is 27.2 Å². The third-order valence-corrected chi connectivity index (χ3v) is 4.52. The highest BCUT2D eigenvalue weighted by molar-refractivity contribution is 6.36. The SMILES string of the molecule is O=C(c1cc(Nc2ccc(Cl)cc2Cl)ncn1)N1CCCCCC1. The summed E-state index contributed by atoms with van der Waals surface area (Å²) in [6, 6.07) is 6.80. The van der Waals surface area contributed by atoms with Gasteiger partial charge >= 0.3 is 0 Å². The van der Waals surface area contributed by atoms with E-state index in [1.165, 1.54) is 19.2 Å². The monoisotopic (exact) mass is 364 g/mol. The van der Waals surface area contributed by atoms with Gasteiger partial charge in [0.05, 0.1) is 10.7 Å². The number of aromatic nitrogens is 2. The van der Waals surface area contributed by atoms with Crippen LogP contribution in [0.1, 0.15) is 36.2 Å². The van der Waals surface area contributed by atoms with Crippen LogP contribution >= 0.6 is 23.2 Å². The van der Waals surface area contributed by atoms with Crippen LogP contribution in [-0.2, 0) is 0 Å². The molecular weight excluding hydrogens is 347 g/mol. The van der Waals surface area contributed by atoms with Crippen molar-refractivity contribution in [2.24, 2.45) is 0 Å². The summed E-state index contributed by atoms with van der Waals surface area (Å²) in [6.07, 6.45) is 5.83. The first-order chi connectivity index (χ1) is 11.6. The average Bonchev–Trinajstić information content (AvgIpc) is 2.86. The lowest BCUT2D eigenvalue weighted by Crippen LogP contribution is -2.32. The summed E-state index contributed by atoms with van der Waals surface area (Å²) in [7, 11) is 0. The van der Waals surface area contributed by atoms with Gasteiger partial charge in [-0.05, 0) is 31.0 Å². The number of rotatable bonds is 3. The zero-order valence-corrected chi connectivity index (χ0v) is 14.6. The molecule has 1 aliphatic heterocycles. The summed E-state index contributed by atoms with van der Waals surface area (Å²) >= 11 is 12.1. The Morgan fingerprint density at radius 3 is 2.50 bits per heavy atom. The van der Waals surface area contributed by atoms with Crippen molar-refractivity contribution >= 4 is 40.6 Å². The highest BCUT2D eigenvalue weighted by Crippen LogP contribution is 2.27. The number of amides is 1. The van der Waals surface area contributed by atoms with Gasteiger partial charge in [0.1, 0.15) is 17.8 Å². The zero-order valence-electron chi connectivity index (χ0n) is 13.1. The van der Waals surface area contributed by atoms with Crippen LogP contribution in [0, 0.1) is 0 Å². The molecule has 1 aliphatic rings. The maximum Gasteiger partial charge on any atom is 0.272 e. The largest absolute Gasteiger partial charge is 0.339 e. The van der Waals surface area contributed by atoms with E-state index in [2.05, 4.69) is 15.3 Å². The van der Waals surface area contributed by atoms with Gasteiger partial charge in [-0.15, -0.1) is 0 Å². The minimum absolute atomic E-state index is 0.0513. The third kappa shape index (κ3) is 4.16. The van der Waals surface area contributed by atoms with Crippen LogP contribution in [0.5, 0.6) is 0 Å². The standard InChI is InChI=1S/C17H18Cl2N4O/c18-12-5-6-14(13(19)9-12)22-16-10-15(20-11-21-16)17(24)23-7-3-1-2-4-8-23/h5-6,9-11H,1-4,7-8H2,(H,20,21,22). The number of anilines is 2. The summed E-state index contributed by atoms with van der Waals surface area (Å²) in [5.74, 6) is 0.469. The van der Waals surface area contributed by atoms with Crippen molar-refractivity contribution in [3.8, 4) is 0 Å². The molecule has 1 saturated heterocycles. The van der Waals surface area contributed by atoms with Crippen molar-refractivity contribution < 1.29 is 4.79 Å². The predicted octanol–water partition coefficient (Wildman–Crippen LogP) is 4.54. The van der Waals surface area contributed by atoms with Crippen LogP contribution in [0.3, 0.4) is 0 Å². The summed E-state index contributed by atoms with van der Waals surface area (Å²) in [5, 5.41) is 4.15. The quantitative estimate of drug-likeness (QED) is 0.867. The second-order valence-corrected chi connectivity index (χ2v) is 6.59. The van der Waals surface area contributed by atoms with Gasteiger partial charge in [0.15, 0.2) is 0 Å². The number of nitrogens with one attached hydrogen (secondary N) is 1. The number of hydrogen-bond acceptors (Lipinski definition) is 4. The zero-order chi connectivity index (χ0) is 16.9. The maximum absolute atomic E-state index is 12.6. The Balaban J connectivity index is 1.77. The highest BCUT2D eigenvalue weighted by atomic mass is 35.5. The Morgan fingerprint density at radius 2 is 1.79 bits per heavy atom. The van der Waals surface area contributed by atoms with Crippen LogP contribution < -0.4 is 5.32 Å². The average molecular weight is 365 g/mol. The van der Waals surface area contributed by atoms with Gasteiger partial charge in [0.2, 0.25) is 0 Å². The number of carbonyl (C=O) groups is 1. The first kappa shape index (κ1) is 17.0. The van der Waals surface area contributed by atoms with E-state index in [1.54, 1.807) is 24.3 Å². The Labute approximate surface area is 151 Å². The van der Waals surface area contributed by atoms with Gasteiger partial charge in [-0.2, -0.15) is 0 Å². The molecule has 24 heavy (non-hydrogen) atoms. The molecule has 1 amide bonds. The maximum atomic E-state index is 12.6. The smallest absolute Gasteiger partial charge is 0.272 e. The van der Waals surface area contributed by atoms with Crippen LogP contribution in [0.4, 0.5) is 11.5 Å². The molecular formula is C17H18Cl2N4O. The van der Waals surface area contributed by atoms with E-state index in [9.17, 15) is 4.79 Å². The summed E-state index contributed by atoms with van der Waals surface area (Å²) in [6.45, 7) is 1.57. The molecule has 126 valence electrons. The second kappa shape index (κ2) is 7.81. The minimum Gasteiger partial charge on any atom is -0.339 e. The van der Waals surface area contributed by atoms with Gasteiger partial charge in [-0.1, -0.05) is 36.0 Å². The first-order valence-electron chi connectivity index (χ1n) is 7.97. The molecule has 3 rings (SSSR count). The van der Waals surface area contributed by atoms with Gasteiger partial charge in [0, 0.05) is 24.2 Å². The van der Waals surface area contributed by atoms with Crippen LogP contribution in [0.2, 0.25) is 10.0 Å². The Bertz CT molecular complexity index is 730. The molecule has 7 heteroatoms. The van der Waals surface area contributed by atoms with Crippen molar-refractivity contribution in [3.63, 3.8) is 0 Å². The number of benzene rings is 1. The van der Waals surface area contributed by atoms with Gasteiger partial charge in [0.25, 0.3) is 5.91 Å². The molecule has 0 bridgehead atoms.